The highest BCUT2D eigenvalue weighted by atomic mass is 19.1. The Balaban J connectivity index is 2.52. The molecular weight excluding hydrogens is 182 g/mol. The first-order chi connectivity index (χ1) is 6.75. The van der Waals surface area contributed by atoms with Gasteiger partial charge in [-0.25, -0.2) is 8.78 Å². The van der Waals surface area contributed by atoms with Crippen LogP contribution in [0.5, 0.6) is 0 Å². The highest BCUT2D eigenvalue weighted by Crippen LogP contribution is 2.34. The average Bonchev–Trinajstić information content (AvgIpc) is 2.14. The van der Waals surface area contributed by atoms with Gasteiger partial charge in [0.2, 0.25) is 0 Å². The van der Waals surface area contributed by atoms with Crippen LogP contribution in [0.1, 0.15) is 0 Å². The monoisotopic (exact) mass is 186 g/mol. The zero-order chi connectivity index (χ0) is 9.71. The van der Waals surface area contributed by atoms with Gasteiger partial charge in [0.15, 0.2) is 0 Å². The fourth-order valence-corrected chi connectivity index (χ4v) is 1.66. The molecule has 14 heavy (non-hydrogen) atoms. The largest absolute Gasteiger partial charge is 0.206 e. The fraction of sp³-hybridized carbons (Fsp3) is 0. The SMILES string of the molecule is Fc1[c]c2c[c]c1-c1ccc-2cc1F. The zero-order valence-electron chi connectivity index (χ0n) is 7.07. The molecule has 2 heteroatoms. The third-order valence-corrected chi connectivity index (χ3v) is 2.37. The third-order valence-electron chi connectivity index (χ3n) is 2.37. The van der Waals surface area contributed by atoms with Crippen molar-refractivity contribution in [2.45, 2.75) is 0 Å². The summed E-state index contributed by atoms with van der Waals surface area (Å²) in [5.41, 5.74) is 1.57. The van der Waals surface area contributed by atoms with E-state index in [1.807, 2.05) is 0 Å². The Morgan fingerprint density at radius 2 is 2.00 bits per heavy atom. The molecule has 0 aliphatic heterocycles. The van der Waals surface area contributed by atoms with Crippen LogP contribution in [0.4, 0.5) is 8.78 Å². The van der Waals surface area contributed by atoms with E-state index in [1.165, 1.54) is 6.07 Å². The quantitative estimate of drug-likeness (QED) is 0.505. The summed E-state index contributed by atoms with van der Waals surface area (Å²) in [7, 11) is 0. The van der Waals surface area contributed by atoms with Crippen molar-refractivity contribution in [1.82, 2.24) is 0 Å². The third kappa shape index (κ3) is 0.854. The maximum absolute atomic E-state index is 13.4. The first-order valence-corrected chi connectivity index (χ1v) is 4.19. The topological polar surface area (TPSA) is 0 Å². The molecule has 2 aromatic rings. The van der Waals surface area contributed by atoms with E-state index in [2.05, 4.69) is 12.1 Å². The summed E-state index contributed by atoms with van der Waals surface area (Å²) >= 11 is 0. The van der Waals surface area contributed by atoms with Crippen LogP contribution in [-0.2, 0) is 0 Å². The van der Waals surface area contributed by atoms with Crippen LogP contribution in [0.15, 0.2) is 24.3 Å². The van der Waals surface area contributed by atoms with E-state index >= 15 is 0 Å². The van der Waals surface area contributed by atoms with Crippen molar-refractivity contribution >= 4 is 0 Å². The Hall–Kier alpha value is -1.70. The molecule has 4 aliphatic carbocycles. The summed E-state index contributed by atoms with van der Waals surface area (Å²) in [4.78, 5) is 0. The molecule has 6 rings (SSSR count). The Kier molecular flexibility index (Phi) is 1.32. The predicted octanol–water partition coefficient (Wildman–Crippen LogP) is 3.21. The molecule has 0 N–H and O–H groups in total. The van der Waals surface area contributed by atoms with E-state index in [4.69, 9.17) is 0 Å². The first-order valence-electron chi connectivity index (χ1n) is 4.19. The molecule has 2 aromatic carbocycles. The average molecular weight is 186 g/mol. The second kappa shape index (κ2) is 2.41. The molecule has 2 radical (unpaired) electrons. The van der Waals surface area contributed by atoms with Crippen molar-refractivity contribution in [3.63, 3.8) is 0 Å². The van der Waals surface area contributed by atoms with Crippen LogP contribution >= 0.6 is 0 Å². The number of benzene rings is 2. The Bertz CT molecular complexity index is 480. The minimum Gasteiger partial charge on any atom is -0.206 e. The maximum atomic E-state index is 13.4. The summed E-state index contributed by atoms with van der Waals surface area (Å²) in [6.07, 6.45) is 0. The van der Waals surface area contributed by atoms with E-state index < -0.39 is 11.6 Å². The van der Waals surface area contributed by atoms with Gasteiger partial charge < -0.3 is 0 Å². The van der Waals surface area contributed by atoms with Crippen molar-refractivity contribution in [2.75, 3.05) is 0 Å². The minimum atomic E-state index is -0.539. The number of hydrogen-bond donors (Lipinski definition) is 0. The zero-order valence-corrected chi connectivity index (χ0v) is 7.07. The van der Waals surface area contributed by atoms with Crippen LogP contribution in [0.2, 0.25) is 0 Å². The summed E-state index contributed by atoms with van der Waals surface area (Å²) in [5.74, 6) is -0.949. The van der Waals surface area contributed by atoms with Gasteiger partial charge in [-0.3, -0.25) is 0 Å². The molecule has 0 unspecified atom stereocenters. The molecule has 4 bridgehead atoms. The van der Waals surface area contributed by atoms with Gasteiger partial charge >= 0.3 is 0 Å². The molecule has 0 aromatic heterocycles. The molecule has 0 saturated heterocycles. The highest BCUT2D eigenvalue weighted by molar-refractivity contribution is 5.76. The molecule has 66 valence electrons. The number of halogens is 2. The lowest BCUT2D eigenvalue weighted by atomic mass is 9.93. The molecular formula is C12H4F2. The Morgan fingerprint density at radius 3 is 2.71 bits per heavy atom. The predicted molar refractivity (Wildman–Crippen MR) is 48.5 cm³/mol. The standard InChI is InChI=1S/C12H4F2/c13-11-5-7-1-3-9(11)10-4-2-8(7)6-12(10)14/h1-3,5H. The molecule has 0 saturated carbocycles. The molecule has 0 heterocycles. The molecule has 4 aliphatic rings. The van der Waals surface area contributed by atoms with Crippen molar-refractivity contribution in [3.8, 4) is 22.3 Å². The molecule has 0 amide bonds. The van der Waals surface area contributed by atoms with Gasteiger partial charge in [-0.15, -0.1) is 0 Å². The highest BCUT2D eigenvalue weighted by Gasteiger charge is 2.16. The van der Waals surface area contributed by atoms with Crippen molar-refractivity contribution in [2.24, 2.45) is 0 Å². The second-order valence-corrected chi connectivity index (χ2v) is 3.21. The van der Waals surface area contributed by atoms with Gasteiger partial charge in [-0.05, 0) is 29.3 Å². The molecule has 0 spiro atoms. The summed E-state index contributed by atoms with van der Waals surface area (Å²) < 4.78 is 26.8. The lowest BCUT2D eigenvalue weighted by Crippen LogP contribution is -1.95. The van der Waals surface area contributed by atoms with E-state index in [1.54, 1.807) is 18.2 Å². The van der Waals surface area contributed by atoms with E-state index in [9.17, 15) is 8.78 Å². The smallest absolute Gasteiger partial charge is 0.140 e. The molecule has 0 nitrogen and oxygen atoms in total. The van der Waals surface area contributed by atoms with Crippen LogP contribution in [0.3, 0.4) is 0 Å². The number of rotatable bonds is 0. The van der Waals surface area contributed by atoms with Crippen LogP contribution in [-0.4, -0.2) is 0 Å². The van der Waals surface area contributed by atoms with Gasteiger partial charge in [-0.2, -0.15) is 0 Å². The van der Waals surface area contributed by atoms with E-state index in [0.717, 1.165) is 0 Å². The first kappa shape index (κ1) is 7.68. The Morgan fingerprint density at radius 1 is 1.14 bits per heavy atom. The van der Waals surface area contributed by atoms with Crippen LogP contribution < -0.4 is 0 Å². The molecule has 0 atom stereocenters. The van der Waals surface area contributed by atoms with Crippen LogP contribution in [0, 0.1) is 23.8 Å². The van der Waals surface area contributed by atoms with E-state index in [-0.39, 0.29) is 11.1 Å². The summed E-state index contributed by atoms with van der Waals surface area (Å²) in [5, 5.41) is 0. The fourth-order valence-electron chi connectivity index (χ4n) is 1.66. The van der Waals surface area contributed by atoms with Crippen molar-refractivity contribution in [1.29, 1.82) is 0 Å². The van der Waals surface area contributed by atoms with Crippen LogP contribution in [0.25, 0.3) is 22.3 Å². The summed E-state index contributed by atoms with van der Waals surface area (Å²) in [6, 6.07) is 11.6. The lowest BCUT2D eigenvalue weighted by Gasteiger charge is -2.12. The maximum Gasteiger partial charge on any atom is 0.140 e. The summed E-state index contributed by atoms with van der Waals surface area (Å²) in [6.45, 7) is 0. The Labute approximate surface area is 79.8 Å². The normalized spacial score (nSPS) is 11.6. The second-order valence-electron chi connectivity index (χ2n) is 3.21. The number of hydrogen-bond acceptors (Lipinski definition) is 0. The molecule has 0 fully saturated rings. The van der Waals surface area contributed by atoms with Gasteiger partial charge in [0.25, 0.3) is 0 Å². The van der Waals surface area contributed by atoms with Crippen molar-refractivity contribution < 1.29 is 8.78 Å². The van der Waals surface area contributed by atoms with Gasteiger partial charge in [-0.1, -0.05) is 12.1 Å². The van der Waals surface area contributed by atoms with Gasteiger partial charge in [0.05, 0.1) is 0 Å². The van der Waals surface area contributed by atoms with Gasteiger partial charge in [0, 0.05) is 17.2 Å². The van der Waals surface area contributed by atoms with Gasteiger partial charge in [0.1, 0.15) is 11.6 Å². The van der Waals surface area contributed by atoms with E-state index in [0.29, 0.717) is 11.1 Å². The lowest BCUT2D eigenvalue weighted by molar-refractivity contribution is 0.613. The van der Waals surface area contributed by atoms with Crippen molar-refractivity contribution in [3.05, 3.63) is 48.0 Å². The minimum absolute atomic E-state index is 0.150.